The van der Waals surface area contributed by atoms with E-state index in [9.17, 15) is 13.2 Å². The van der Waals surface area contributed by atoms with Crippen LogP contribution in [0.15, 0.2) is 23.1 Å². The minimum atomic E-state index is -3.13. The van der Waals surface area contributed by atoms with Gasteiger partial charge in [-0.15, -0.1) is 0 Å². The summed E-state index contributed by atoms with van der Waals surface area (Å²) in [6.45, 7) is 3.39. The van der Waals surface area contributed by atoms with Gasteiger partial charge in [-0.25, -0.2) is 8.42 Å². The van der Waals surface area contributed by atoms with Gasteiger partial charge in [0.05, 0.1) is 16.7 Å². The first kappa shape index (κ1) is 12.8. The van der Waals surface area contributed by atoms with Gasteiger partial charge in [0.2, 0.25) is 0 Å². The van der Waals surface area contributed by atoms with E-state index < -0.39 is 15.1 Å². The number of nitrogen functional groups attached to an aromatic ring is 1. The Hall–Kier alpha value is -1.30. The van der Waals surface area contributed by atoms with Crippen LogP contribution in [0.4, 0.5) is 5.69 Å². The fourth-order valence-electron chi connectivity index (χ4n) is 1.19. The predicted octanol–water partition coefficient (Wildman–Crippen LogP) is 0.254. The van der Waals surface area contributed by atoms with E-state index in [1.54, 1.807) is 19.9 Å². The quantitative estimate of drug-likeness (QED) is 0.823. The maximum atomic E-state index is 11.6. The molecule has 0 unspecified atom stereocenters. The maximum Gasteiger partial charge on any atom is 0.273 e. The van der Waals surface area contributed by atoms with Gasteiger partial charge in [-0.3, -0.25) is 4.79 Å². The van der Waals surface area contributed by atoms with Gasteiger partial charge in [0.25, 0.3) is 5.56 Å². The van der Waals surface area contributed by atoms with Crippen molar-refractivity contribution in [3.8, 4) is 0 Å². The number of hydrogen-bond acceptors (Lipinski definition) is 4. The summed E-state index contributed by atoms with van der Waals surface area (Å²) in [5.74, 6) is -0.0476. The number of aryl methyl sites for hydroxylation is 1. The molecule has 1 aromatic rings. The molecule has 90 valence electrons. The Morgan fingerprint density at radius 1 is 1.44 bits per heavy atom. The minimum Gasteiger partial charge on any atom is -0.394 e. The number of rotatable bonds is 4. The van der Waals surface area contributed by atoms with E-state index in [0.29, 0.717) is 0 Å². The number of nitrogens with two attached hydrogens (primary N) is 1. The smallest absolute Gasteiger partial charge is 0.273 e. The van der Waals surface area contributed by atoms with E-state index in [2.05, 4.69) is 0 Å². The second-order valence-corrected chi connectivity index (χ2v) is 6.55. The zero-order valence-corrected chi connectivity index (χ0v) is 10.2. The summed E-state index contributed by atoms with van der Waals surface area (Å²) in [6, 6.07) is 3.12. The van der Waals surface area contributed by atoms with E-state index >= 15 is 0 Å². The van der Waals surface area contributed by atoms with Gasteiger partial charge in [0.1, 0.15) is 0 Å². The lowest BCUT2D eigenvalue weighted by Gasteiger charge is -2.09. The van der Waals surface area contributed by atoms with Gasteiger partial charge in [-0.1, -0.05) is 0 Å². The molecule has 1 rings (SSSR count). The molecule has 0 spiro atoms. The van der Waals surface area contributed by atoms with E-state index in [4.69, 9.17) is 5.73 Å². The number of hydrogen-bond donors (Lipinski definition) is 1. The molecule has 0 amide bonds. The largest absolute Gasteiger partial charge is 0.394 e. The van der Waals surface area contributed by atoms with Gasteiger partial charge in [-0.05, 0) is 26.0 Å². The Bertz CT molecular complexity index is 517. The normalized spacial score (nSPS) is 11.9. The van der Waals surface area contributed by atoms with E-state index in [1.807, 2.05) is 0 Å². The van der Waals surface area contributed by atoms with Crippen LogP contribution in [-0.2, 0) is 16.4 Å². The first-order valence-corrected chi connectivity index (χ1v) is 6.72. The van der Waals surface area contributed by atoms with Gasteiger partial charge in [0, 0.05) is 12.7 Å². The van der Waals surface area contributed by atoms with Gasteiger partial charge < -0.3 is 10.3 Å². The van der Waals surface area contributed by atoms with Crippen LogP contribution < -0.4 is 11.3 Å². The van der Waals surface area contributed by atoms with Crippen LogP contribution in [0, 0.1) is 0 Å². The SMILES string of the molecule is CC(C)S(=O)(=O)CCn1cccc(N)c1=O. The lowest BCUT2D eigenvalue weighted by Crippen LogP contribution is -2.27. The Morgan fingerprint density at radius 2 is 2.06 bits per heavy atom. The zero-order valence-electron chi connectivity index (χ0n) is 9.38. The zero-order chi connectivity index (χ0) is 12.3. The summed E-state index contributed by atoms with van der Waals surface area (Å²) in [6.07, 6.45) is 1.54. The standard InChI is InChI=1S/C10H16N2O3S/c1-8(2)16(14,15)7-6-12-5-3-4-9(11)10(12)13/h3-5,8H,6-7,11H2,1-2H3. The first-order valence-electron chi connectivity index (χ1n) is 5.01. The summed E-state index contributed by atoms with van der Waals surface area (Å²) in [4.78, 5) is 11.5. The molecule has 0 fully saturated rings. The maximum absolute atomic E-state index is 11.6. The summed E-state index contributed by atoms with van der Waals surface area (Å²) in [5.41, 5.74) is 5.22. The van der Waals surface area contributed by atoms with Crippen molar-refractivity contribution < 1.29 is 8.42 Å². The van der Waals surface area contributed by atoms with Crippen molar-refractivity contribution in [2.24, 2.45) is 0 Å². The third-order valence-electron chi connectivity index (χ3n) is 2.38. The van der Waals surface area contributed by atoms with Crippen molar-refractivity contribution in [2.75, 3.05) is 11.5 Å². The Balaban J connectivity index is 2.85. The molecule has 0 aromatic carbocycles. The van der Waals surface area contributed by atoms with Crippen molar-refractivity contribution in [1.29, 1.82) is 0 Å². The van der Waals surface area contributed by atoms with Crippen molar-refractivity contribution >= 4 is 15.5 Å². The van der Waals surface area contributed by atoms with Crippen LogP contribution in [0.25, 0.3) is 0 Å². The molecule has 0 saturated heterocycles. The highest BCUT2D eigenvalue weighted by atomic mass is 32.2. The van der Waals surface area contributed by atoms with Crippen molar-refractivity contribution in [2.45, 2.75) is 25.6 Å². The van der Waals surface area contributed by atoms with Crippen LogP contribution in [0.5, 0.6) is 0 Å². The second kappa shape index (κ2) is 4.69. The Kier molecular flexibility index (Phi) is 3.74. The number of anilines is 1. The molecule has 16 heavy (non-hydrogen) atoms. The molecule has 0 saturated carbocycles. The predicted molar refractivity (Wildman–Crippen MR) is 64.0 cm³/mol. The lowest BCUT2D eigenvalue weighted by atomic mass is 10.4. The van der Waals surface area contributed by atoms with Crippen LogP contribution in [0.1, 0.15) is 13.8 Å². The lowest BCUT2D eigenvalue weighted by molar-refractivity contribution is 0.579. The molecule has 0 bridgehead atoms. The van der Waals surface area contributed by atoms with Crippen LogP contribution in [0.3, 0.4) is 0 Å². The van der Waals surface area contributed by atoms with E-state index in [1.165, 1.54) is 16.8 Å². The average molecular weight is 244 g/mol. The molecular formula is C10H16N2O3S. The molecule has 2 N–H and O–H groups in total. The number of aromatic nitrogens is 1. The Labute approximate surface area is 94.8 Å². The summed E-state index contributed by atoms with van der Waals surface area (Å²) >= 11 is 0. The van der Waals surface area contributed by atoms with Crippen LogP contribution >= 0.6 is 0 Å². The molecule has 1 aromatic heterocycles. The highest BCUT2D eigenvalue weighted by Gasteiger charge is 2.16. The third-order valence-corrected chi connectivity index (χ3v) is 4.57. The number of nitrogens with zero attached hydrogens (tertiary/aromatic N) is 1. The van der Waals surface area contributed by atoms with E-state index in [-0.39, 0.29) is 23.5 Å². The summed E-state index contributed by atoms with van der Waals surface area (Å²) in [7, 11) is -3.13. The number of sulfone groups is 1. The molecule has 0 aliphatic rings. The molecule has 0 atom stereocenters. The molecular weight excluding hydrogens is 228 g/mol. The van der Waals surface area contributed by atoms with Gasteiger partial charge in [0.15, 0.2) is 9.84 Å². The fourth-order valence-corrected chi connectivity index (χ4v) is 2.12. The Morgan fingerprint density at radius 3 is 2.62 bits per heavy atom. The van der Waals surface area contributed by atoms with Gasteiger partial charge >= 0.3 is 0 Å². The average Bonchev–Trinajstić information content (AvgIpc) is 2.20. The van der Waals surface area contributed by atoms with Crippen LogP contribution in [-0.4, -0.2) is 24.0 Å². The summed E-state index contributed by atoms with van der Waals surface area (Å²) < 4.78 is 24.4. The molecule has 0 aliphatic carbocycles. The fraction of sp³-hybridized carbons (Fsp3) is 0.500. The summed E-state index contributed by atoms with van der Waals surface area (Å²) in [5, 5.41) is -0.427. The van der Waals surface area contributed by atoms with Gasteiger partial charge in [-0.2, -0.15) is 0 Å². The monoisotopic (exact) mass is 244 g/mol. The first-order chi connectivity index (χ1) is 7.34. The molecule has 0 radical (unpaired) electrons. The third kappa shape index (κ3) is 2.85. The van der Waals surface area contributed by atoms with Crippen molar-refractivity contribution in [3.63, 3.8) is 0 Å². The minimum absolute atomic E-state index is 0.0476. The highest BCUT2D eigenvalue weighted by Crippen LogP contribution is 2.01. The highest BCUT2D eigenvalue weighted by molar-refractivity contribution is 7.91. The molecule has 1 heterocycles. The molecule has 5 nitrogen and oxygen atoms in total. The van der Waals surface area contributed by atoms with Crippen LogP contribution in [0.2, 0.25) is 0 Å². The second-order valence-electron chi connectivity index (χ2n) is 3.88. The number of pyridine rings is 1. The molecule has 0 aliphatic heterocycles. The molecule has 6 heteroatoms. The van der Waals surface area contributed by atoms with Crippen molar-refractivity contribution in [1.82, 2.24) is 4.57 Å². The topological polar surface area (TPSA) is 82.2 Å². The van der Waals surface area contributed by atoms with Crippen molar-refractivity contribution in [3.05, 3.63) is 28.7 Å². The van der Waals surface area contributed by atoms with E-state index in [0.717, 1.165) is 0 Å².